The summed E-state index contributed by atoms with van der Waals surface area (Å²) in [5.74, 6) is -1.23. The number of aromatic carboxylic acids is 1. The highest BCUT2D eigenvalue weighted by molar-refractivity contribution is 5.88. The fourth-order valence-corrected chi connectivity index (χ4v) is 3.33. The average Bonchev–Trinajstić information content (AvgIpc) is 2.67. The Kier molecular flexibility index (Phi) is 7.39. The second kappa shape index (κ2) is 9.75. The van der Waals surface area contributed by atoms with Gasteiger partial charge in [-0.3, -0.25) is 9.36 Å². The molecule has 0 aliphatic carbocycles. The van der Waals surface area contributed by atoms with Gasteiger partial charge in [-0.05, 0) is 36.6 Å². The molecule has 0 aliphatic rings. The van der Waals surface area contributed by atoms with Gasteiger partial charge in [0.1, 0.15) is 11.6 Å². The maximum Gasteiger partial charge on any atom is 0.335 e. The quantitative estimate of drug-likeness (QED) is 0.623. The van der Waals surface area contributed by atoms with Crippen LogP contribution in [0.3, 0.4) is 0 Å². The van der Waals surface area contributed by atoms with Crippen molar-refractivity contribution in [1.29, 1.82) is 5.26 Å². The lowest BCUT2D eigenvalue weighted by molar-refractivity contribution is 0.0697. The number of aromatic hydroxyl groups is 1. The Morgan fingerprint density at radius 2 is 1.71 bits per heavy atom. The Balaban J connectivity index is 2.39. The molecule has 1 aromatic carbocycles. The van der Waals surface area contributed by atoms with E-state index >= 15 is 0 Å². The molecular formula is C22H26N2O4. The van der Waals surface area contributed by atoms with Crippen LogP contribution < -0.4 is 5.56 Å². The molecule has 0 bridgehead atoms. The van der Waals surface area contributed by atoms with Crippen LogP contribution in [0, 0.1) is 18.3 Å². The molecule has 148 valence electrons. The van der Waals surface area contributed by atoms with Crippen molar-refractivity contribution in [3.63, 3.8) is 0 Å². The molecule has 6 nitrogen and oxygen atoms in total. The molecule has 2 aromatic rings. The van der Waals surface area contributed by atoms with Gasteiger partial charge in [0.15, 0.2) is 0 Å². The first-order valence-electron chi connectivity index (χ1n) is 9.62. The van der Waals surface area contributed by atoms with E-state index in [-0.39, 0.29) is 17.0 Å². The Morgan fingerprint density at radius 1 is 1.11 bits per heavy atom. The second-order valence-electron chi connectivity index (χ2n) is 6.92. The summed E-state index contributed by atoms with van der Waals surface area (Å²) in [4.78, 5) is 23.7. The zero-order chi connectivity index (χ0) is 20.7. The van der Waals surface area contributed by atoms with Gasteiger partial charge in [-0.15, -0.1) is 0 Å². The lowest BCUT2D eigenvalue weighted by Gasteiger charge is -2.16. The zero-order valence-electron chi connectivity index (χ0n) is 16.4. The van der Waals surface area contributed by atoms with Gasteiger partial charge >= 0.3 is 5.97 Å². The van der Waals surface area contributed by atoms with Crippen molar-refractivity contribution in [2.24, 2.45) is 0 Å². The number of aromatic nitrogens is 1. The topological polar surface area (TPSA) is 103 Å². The highest BCUT2D eigenvalue weighted by Crippen LogP contribution is 2.33. The number of hydrogen-bond acceptors (Lipinski definition) is 4. The van der Waals surface area contributed by atoms with Crippen LogP contribution in [0.5, 0.6) is 5.88 Å². The van der Waals surface area contributed by atoms with Crippen LogP contribution >= 0.6 is 0 Å². The van der Waals surface area contributed by atoms with Gasteiger partial charge in [0.25, 0.3) is 5.56 Å². The maximum atomic E-state index is 12.6. The Bertz CT molecular complexity index is 937. The molecule has 0 atom stereocenters. The van der Waals surface area contributed by atoms with E-state index < -0.39 is 11.5 Å². The molecule has 0 amide bonds. The van der Waals surface area contributed by atoms with E-state index in [9.17, 15) is 20.0 Å². The smallest absolute Gasteiger partial charge is 0.335 e. The molecule has 0 radical (unpaired) electrons. The van der Waals surface area contributed by atoms with Gasteiger partial charge in [-0.2, -0.15) is 5.26 Å². The fourth-order valence-electron chi connectivity index (χ4n) is 3.33. The molecule has 0 fully saturated rings. The molecule has 28 heavy (non-hydrogen) atoms. The summed E-state index contributed by atoms with van der Waals surface area (Å²) in [6.07, 6.45) is 6.26. The summed E-state index contributed by atoms with van der Waals surface area (Å²) in [7, 11) is 0. The van der Waals surface area contributed by atoms with Crippen LogP contribution in [0.2, 0.25) is 0 Å². The Morgan fingerprint density at radius 3 is 2.29 bits per heavy atom. The molecule has 1 aromatic heterocycles. The van der Waals surface area contributed by atoms with Gasteiger partial charge in [0.2, 0.25) is 5.88 Å². The standard InChI is InChI=1S/C22H26N2O4/c1-3-4-5-6-7-8-13-24-20(25)18(14-23)15(2)19(21(24)26)16-9-11-17(12-10-16)22(27)28/h9-12,26H,3-8,13H2,1-2H3,(H,27,28). The number of hydrogen-bond donors (Lipinski definition) is 2. The number of carboxylic acid groups (broad SMARTS) is 1. The summed E-state index contributed by atoms with van der Waals surface area (Å²) in [6, 6.07) is 7.97. The van der Waals surface area contributed by atoms with Crippen LogP contribution in [0.1, 0.15) is 66.9 Å². The van der Waals surface area contributed by atoms with Crippen molar-refractivity contribution in [1.82, 2.24) is 4.57 Å². The van der Waals surface area contributed by atoms with Crippen LogP contribution in [-0.4, -0.2) is 20.7 Å². The number of pyridine rings is 1. The molecule has 0 saturated heterocycles. The molecule has 1 heterocycles. The molecule has 6 heteroatoms. The van der Waals surface area contributed by atoms with Crippen molar-refractivity contribution in [3.8, 4) is 23.1 Å². The molecule has 2 N–H and O–H groups in total. The average molecular weight is 382 g/mol. The lowest BCUT2D eigenvalue weighted by Crippen LogP contribution is -2.24. The van der Waals surface area contributed by atoms with E-state index in [1.54, 1.807) is 19.1 Å². The third kappa shape index (κ3) is 4.61. The third-order valence-electron chi connectivity index (χ3n) is 4.96. The monoisotopic (exact) mass is 382 g/mol. The predicted octanol–water partition coefficient (Wildman–Crippen LogP) is 4.46. The first-order valence-corrected chi connectivity index (χ1v) is 9.62. The van der Waals surface area contributed by atoms with Crippen molar-refractivity contribution in [2.75, 3.05) is 0 Å². The molecule has 2 rings (SSSR count). The minimum absolute atomic E-state index is 0.00101. The number of unbranched alkanes of at least 4 members (excludes halogenated alkanes) is 5. The van der Waals surface area contributed by atoms with Crippen molar-refractivity contribution in [3.05, 3.63) is 51.3 Å². The van der Waals surface area contributed by atoms with Crippen LogP contribution in [0.4, 0.5) is 0 Å². The number of carbonyl (C=O) groups is 1. The normalized spacial score (nSPS) is 10.6. The minimum atomic E-state index is -1.04. The fraction of sp³-hybridized carbons (Fsp3) is 0.409. The number of benzene rings is 1. The summed E-state index contributed by atoms with van der Waals surface area (Å²) in [6.45, 7) is 4.11. The maximum absolute atomic E-state index is 12.6. The minimum Gasteiger partial charge on any atom is -0.494 e. The summed E-state index contributed by atoms with van der Waals surface area (Å²) >= 11 is 0. The van der Waals surface area contributed by atoms with Gasteiger partial charge in [0.05, 0.1) is 5.56 Å². The lowest BCUT2D eigenvalue weighted by atomic mass is 9.97. The summed E-state index contributed by atoms with van der Waals surface area (Å²) in [5.41, 5.74) is 0.986. The van der Waals surface area contributed by atoms with Gasteiger partial charge in [0, 0.05) is 12.1 Å². The number of nitrogens with zero attached hydrogens (tertiary/aromatic N) is 2. The van der Waals surface area contributed by atoms with E-state index in [4.69, 9.17) is 5.11 Å². The third-order valence-corrected chi connectivity index (χ3v) is 4.96. The zero-order valence-corrected chi connectivity index (χ0v) is 16.4. The summed E-state index contributed by atoms with van der Waals surface area (Å²) < 4.78 is 1.26. The van der Waals surface area contributed by atoms with Crippen molar-refractivity contribution < 1.29 is 15.0 Å². The van der Waals surface area contributed by atoms with E-state index in [0.29, 0.717) is 23.2 Å². The molecule has 0 aliphatic heterocycles. The Hall–Kier alpha value is -3.07. The van der Waals surface area contributed by atoms with E-state index in [1.165, 1.54) is 23.1 Å². The van der Waals surface area contributed by atoms with Crippen LogP contribution in [0.15, 0.2) is 29.1 Å². The highest BCUT2D eigenvalue weighted by Gasteiger charge is 2.20. The Labute approximate surface area is 164 Å². The SMILES string of the molecule is CCCCCCCCn1c(O)c(-c2ccc(C(=O)O)cc2)c(C)c(C#N)c1=O. The van der Waals surface area contributed by atoms with Gasteiger partial charge < -0.3 is 10.2 Å². The van der Waals surface area contributed by atoms with E-state index in [2.05, 4.69) is 6.92 Å². The van der Waals surface area contributed by atoms with Crippen molar-refractivity contribution >= 4 is 5.97 Å². The predicted molar refractivity (Wildman–Crippen MR) is 108 cm³/mol. The molecule has 0 unspecified atom stereocenters. The largest absolute Gasteiger partial charge is 0.494 e. The van der Waals surface area contributed by atoms with Crippen LogP contribution in [0.25, 0.3) is 11.1 Å². The highest BCUT2D eigenvalue weighted by atomic mass is 16.4. The van der Waals surface area contributed by atoms with E-state index in [1.807, 2.05) is 6.07 Å². The van der Waals surface area contributed by atoms with Gasteiger partial charge in [-0.1, -0.05) is 51.2 Å². The van der Waals surface area contributed by atoms with Crippen molar-refractivity contribution in [2.45, 2.75) is 58.9 Å². The number of rotatable bonds is 9. The second-order valence-corrected chi connectivity index (χ2v) is 6.92. The number of nitriles is 1. The summed E-state index contributed by atoms with van der Waals surface area (Å²) in [5, 5.41) is 29.3. The van der Waals surface area contributed by atoms with Crippen LogP contribution in [-0.2, 0) is 6.54 Å². The molecule has 0 saturated carbocycles. The first kappa shape index (κ1) is 21.2. The van der Waals surface area contributed by atoms with Gasteiger partial charge in [-0.25, -0.2) is 4.79 Å². The molecular weight excluding hydrogens is 356 g/mol. The first-order chi connectivity index (χ1) is 13.4. The molecule has 0 spiro atoms. The number of carboxylic acids is 1. The van der Waals surface area contributed by atoms with E-state index in [0.717, 1.165) is 32.1 Å².